The van der Waals surface area contributed by atoms with E-state index in [1.54, 1.807) is 0 Å². The highest BCUT2D eigenvalue weighted by Gasteiger charge is 2.60. The van der Waals surface area contributed by atoms with Crippen LogP contribution in [0.5, 0.6) is 0 Å². The van der Waals surface area contributed by atoms with E-state index in [0.717, 1.165) is 11.3 Å². The van der Waals surface area contributed by atoms with Crippen LogP contribution in [-0.2, 0) is 29.9 Å². The van der Waals surface area contributed by atoms with Gasteiger partial charge in [0.15, 0.2) is 42.9 Å². The lowest BCUT2D eigenvalue weighted by molar-refractivity contribution is -0.291. The molecule has 0 amide bonds. The average molecular weight is 532 g/mol. The lowest BCUT2D eigenvalue weighted by Crippen LogP contribution is -2.34. The fourth-order valence-electron chi connectivity index (χ4n) is 3.24. The first kappa shape index (κ1) is 24.6. The maximum Gasteiger partial charge on any atom is 0.459 e. The topological polar surface area (TPSA) is 132 Å². The van der Waals surface area contributed by atoms with Gasteiger partial charge in [-0.05, 0) is 6.07 Å². The normalized spacial score (nSPS) is 12.9. The Kier molecular flexibility index (Phi) is 5.64. The van der Waals surface area contributed by atoms with Crippen LogP contribution in [0, 0.1) is 11.3 Å². The van der Waals surface area contributed by atoms with Gasteiger partial charge in [-0.2, -0.15) is 27.2 Å². The number of thiazole rings is 1. The third-order valence-corrected chi connectivity index (χ3v) is 7.69. The molecule has 0 radical (unpaired) electrons. The highest BCUT2D eigenvalue weighted by molar-refractivity contribution is 7.91. The molecule has 0 fully saturated rings. The summed E-state index contributed by atoms with van der Waals surface area (Å²) in [5.74, 6) is -5.68. The van der Waals surface area contributed by atoms with Gasteiger partial charge in [0.2, 0.25) is 0 Å². The van der Waals surface area contributed by atoms with Crippen molar-refractivity contribution in [1.29, 1.82) is 5.26 Å². The minimum atomic E-state index is -5.90. The number of hydrogen-bond acceptors (Lipinski definition) is 9. The van der Waals surface area contributed by atoms with Crippen LogP contribution in [0.2, 0.25) is 0 Å². The van der Waals surface area contributed by atoms with Gasteiger partial charge < -0.3 is 9.13 Å². The molecule has 0 aliphatic heterocycles. The number of nitriles is 1. The van der Waals surface area contributed by atoms with Crippen LogP contribution in [0.1, 0.15) is 18.3 Å². The fraction of sp³-hybridized carbons (Fsp3) is 0.333. The van der Waals surface area contributed by atoms with Crippen molar-refractivity contribution < 1.29 is 30.4 Å². The maximum absolute atomic E-state index is 13.8. The van der Waals surface area contributed by atoms with Gasteiger partial charge in [0, 0.05) is 19.5 Å². The van der Waals surface area contributed by atoms with Crippen molar-refractivity contribution in [3.05, 3.63) is 22.8 Å². The molecule has 0 N–H and O–H groups in total. The molecule has 0 spiro atoms. The second-order valence-corrected chi connectivity index (χ2v) is 10.3. The van der Waals surface area contributed by atoms with Gasteiger partial charge in [-0.25, -0.2) is 23.4 Å². The Hall–Kier alpha value is -3.52. The fourth-order valence-corrected chi connectivity index (χ4v) is 5.21. The number of halogens is 5. The second kappa shape index (κ2) is 8.02. The Bertz CT molecular complexity index is 1610. The van der Waals surface area contributed by atoms with E-state index in [1.165, 1.54) is 35.5 Å². The van der Waals surface area contributed by atoms with E-state index in [4.69, 9.17) is 5.26 Å². The zero-order valence-corrected chi connectivity index (χ0v) is 19.6. The smallest absolute Gasteiger partial charge is 0.316 e. The number of nitrogens with zero attached hydrogens (tertiary/aromatic N) is 8. The summed E-state index contributed by atoms with van der Waals surface area (Å²) in [7, 11) is -1.18. The molecular formula is C18H13F5N8O2S2. The van der Waals surface area contributed by atoms with Crippen molar-refractivity contribution >= 4 is 32.3 Å². The molecule has 0 aliphatic carbocycles. The van der Waals surface area contributed by atoms with Gasteiger partial charge in [0.1, 0.15) is 23.0 Å². The Balaban J connectivity index is 1.98. The molecule has 0 atom stereocenters. The Morgan fingerprint density at radius 3 is 2.31 bits per heavy atom. The number of rotatable bonds is 5. The molecule has 4 aromatic heterocycles. The van der Waals surface area contributed by atoms with E-state index in [-0.39, 0.29) is 50.0 Å². The molecule has 0 saturated carbocycles. The molecule has 184 valence electrons. The SMILES string of the molecule is CCS(=O)(=O)c1c(-c2nc3cc(C(F)(F)C(F)(F)F)nnc3n2C)nc(-c2nc(C#N)cs2)n1C. The lowest BCUT2D eigenvalue weighted by atomic mass is 10.2. The molecule has 0 aliphatic rings. The largest absolute Gasteiger partial charge is 0.459 e. The number of sulfone groups is 1. The number of aryl methyl sites for hydroxylation is 1. The molecule has 4 aromatic rings. The van der Waals surface area contributed by atoms with Gasteiger partial charge in [-0.1, -0.05) is 6.92 Å². The predicted octanol–water partition coefficient (Wildman–Crippen LogP) is 3.21. The first-order chi connectivity index (χ1) is 16.2. The molecule has 4 heterocycles. The summed E-state index contributed by atoms with van der Waals surface area (Å²) in [6.45, 7) is 1.40. The van der Waals surface area contributed by atoms with Crippen LogP contribution in [0.3, 0.4) is 0 Å². The third kappa shape index (κ3) is 3.82. The Morgan fingerprint density at radius 2 is 1.74 bits per heavy atom. The summed E-state index contributed by atoms with van der Waals surface area (Å²) in [5, 5.41) is 16.9. The zero-order valence-electron chi connectivity index (χ0n) is 18.0. The summed E-state index contributed by atoms with van der Waals surface area (Å²) in [6.07, 6.45) is -5.90. The number of imidazole rings is 2. The summed E-state index contributed by atoms with van der Waals surface area (Å²) in [6, 6.07) is 2.30. The molecule has 0 aromatic carbocycles. The Morgan fingerprint density at radius 1 is 1.06 bits per heavy atom. The van der Waals surface area contributed by atoms with Gasteiger partial charge in [0.25, 0.3) is 0 Å². The lowest BCUT2D eigenvalue weighted by Gasteiger charge is -2.17. The Labute approximate surface area is 197 Å². The van der Waals surface area contributed by atoms with E-state index in [0.29, 0.717) is 6.07 Å². The molecule has 0 bridgehead atoms. The van der Waals surface area contributed by atoms with Crippen LogP contribution in [0.15, 0.2) is 16.5 Å². The molecule has 0 unspecified atom stereocenters. The average Bonchev–Trinajstić information content (AvgIpc) is 3.48. The first-order valence-electron chi connectivity index (χ1n) is 9.54. The minimum absolute atomic E-state index is 0.0842. The van der Waals surface area contributed by atoms with E-state index in [1.807, 2.05) is 6.07 Å². The van der Waals surface area contributed by atoms with Crippen LogP contribution in [0.4, 0.5) is 22.0 Å². The van der Waals surface area contributed by atoms with Gasteiger partial charge in [0.05, 0.1) is 5.75 Å². The van der Waals surface area contributed by atoms with Crippen molar-refractivity contribution in [3.8, 4) is 28.4 Å². The standard InChI is InChI=1S/C18H13F5N8O2S2/c1-4-35(32,33)16-11(27-14(31(16)3)15-25-8(6-24)7-34-15)13-26-9-5-10(17(19,20)18(21,22)23)28-29-12(9)30(13)2/h5,7H,4H2,1-3H3. The van der Waals surface area contributed by atoms with E-state index in [2.05, 4.69) is 25.1 Å². The molecule has 0 saturated heterocycles. The molecular weight excluding hydrogens is 519 g/mol. The van der Waals surface area contributed by atoms with Crippen LogP contribution < -0.4 is 0 Å². The van der Waals surface area contributed by atoms with Crippen LogP contribution in [-0.4, -0.2) is 54.6 Å². The number of aromatic nitrogens is 7. The number of fused-ring (bicyclic) bond motifs is 1. The monoisotopic (exact) mass is 532 g/mol. The summed E-state index contributed by atoms with van der Waals surface area (Å²) >= 11 is 1.04. The van der Waals surface area contributed by atoms with Gasteiger partial charge >= 0.3 is 12.1 Å². The van der Waals surface area contributed by atoms with Crippen molar-refractivity contribution in [2.24, 2.45) is 14.1 Å². The summed E-state index contributed by atoms with van der Waals surface area (Å²) in [4.78, 5) is 12.5. The maximum atomic E-state index is 13.8. The highest BCUT2D eigenvalue weighted by Crippen LogP contribution is 2.43. The predicted molar refractivity (Wildman–Crippen MR) is 112 cm³/mol. The van der Waals surface area contributed by atoms with Crippen LogP contribution >= 0.6 is 11.3 Å². The van der Waals surface area contributed by atoms with E-state index >= 15 is 0 Å². The molecule has 10 nitrogen and oxygen atoms in total. The van der Waals surface area contributed by atoms with E-state index in [9.17, 15) is 30.4 Å². The quantitative estimate of drug-likeness (QED) is 0.358. The van der Waals surface area contributed by atoms with Crippen molar-refractivity contribution in [2.45, 2.75) is 24.0 Å². The number of hydrogen-bond donors (Lipinski definition) is 0. The van der Waals surface area contributed by atoms with Gasteiger partial charge in [-0.3, -0.25) is 0 Å². The highest BCUT2D eigenvalue weighted by atomic mass is 32.2. The second-order valence-electron chi connectivity index (χ2n) is 7.21. The first-order valence-corrected chi connectivity index (χ1v) is 12.1. The number of alkyl halides is 5. The molecule has 17 heteroatoms. The van der Waals surface area contributed by atoms with Crippen molar-refractivity contribution in [1.82, 2.24) is 34.3 Å². The molecule has 4 rings (SSSR count). The zero-order chi connectivity index (χ0) is 25.9. The molecule has 35 heavy (non-hydrogen) atoms. The van der Waals surface area contributed by atoms with Crippen molar-refractivity contribution in [2.75, 3.05) is 5.75 Å². The third-order valence-electron chi connectivity index (χ3n) is 5.03. The summed E-state index contributed by atoms with van der Waals surface area (Å²) in [5.41, 5.74) is -2.30. The van der Waals surface area contributed by atoms with Gasteiger partial charge in [-0.15, -0.1) is 21.5 Å². The van der Waals surface area contributed by atoms with Crippen molar-refractivity contribution in [3.63, 3.8) is 0 Å². The minimum Gasteiger partial charge on any atom is -0.316 e. The van der Waals surface area contributed by atoms with Crippen LogP contribution in [0.25, 0.3) is 33.5 Å². The summed E-state index contributed by atoms with van der Waals surface area (Å²) < 4.78 is 94.2. The van der Waals surface area contributed by atoms with E-state index < -0.39 is 27.6 Å².